The minimum atomic E-state index is -1.17. The third-order valence-corrected chi connectivity index (χ3v) is 5.21. The molecule has 4 atom stereocenters. The van der Waals surface area contributed by atoms with Crippen molar-refractivity contribution in [1.82, 2.24) is 14.5 Å². The van der Waals surface area contributed by atoms with Crippen molar-refractivity contribution < 1.29 is 20.1 Å². The van der Waals surface area contributed by atoms with Crippen LogP contribution in [-0.2, 0) is 4.74 Å². The van der Waals surface area contributed by atoms with Crippen LogP contribution in [0.4, 0.5) is 5.82 Å². The summed E-state index contributed by atoms with van der Waals surface area (Å²) in [4.78, 5) is 8.76. The van der Waals surface area contributed by atoms with Crippen molar-refractivity contribution in [2.45, 2.75) is 56.3 Å². The summed E-state index contributed by atoms with van der Waals surface area (Å²) in [5.41, 5.74) is 1.28. The van der Waals surface area contributed by atoms with E-state index in [1.807, 2.05) is 0 Å². The lowest BCUT2D eigenvalue weighted by atomic mass is 10.1. The zero-order valence-electron chi connectivity index (χ0n) is 13.5. The van der Waals surface area contributed by atoms with Crippen LogP contribution in [0.25, 0.3) is 11.0 Å². The smallest absolute Gasteiger partial charge is 0.164 e. The first-order valence-corrected chi connectivity index (χ1v) is 8.88. The van der Waals surface area contributed by atoms with Crippen LogP contribution < -0.4 is 5.32 Å². The first-order valence-electron chi connectivity index (χ1n) is 8.50. The Morgan fingerprint density at radius 1 is 1.28 bits per heavy atom. The molecule has 1 aliphatic heterocycles. The zero-order valence-corrected chi connectivity index (χ0v) is 14.3. The summed E-state index contributed by atoms with van der Waals surface area (Å²) >= 11 is 6.18. The summed E-state index contributed by atoms with van der Waals surface area (Å²) < 4.78 is 7.21. The quantitative estimate of drug-likeness (QED) is 0.596. The lowest BCUT2D eigenvalue weighted by molar-refractivity contribution is -0.0508. The molecule has 1 saturated carbocycles. The molecule has 0 spiro atoms. The van der Waals surface area contributed by atoms with Gasteiger partial charge in [0.2, 0.25) is 0 Å². The topological polar surface area (TPSA) is 113 Å². The van der Waals surface area contributed by atoms with E-state index in [-0.39, 0.29) is 6.61 Å². The minimum absolute atomic E-state index is 0.307. The molecule has 25 heavy (non-hydrogen) atoms. The lowest BCUT2D eigenvalue weighted by Gasteiger charge is -2.18. The number of pyridine rings is 1. The fourth-order valence-corrected chi connectivity index (χ4v) is 3.87. The summed E-state index contributed by atoms with van der Waals surface area (Å²) in [5.74, 6) is 0.611. The fraction of sp³-hybridized carbons (Fsp3) is 0.625. The van der Waals surface area contributed by atoms with Gasteiger partial charge in [0.05, 0.1) is 18.5 Å². The number of fused-ring (bicyclic) bond motifs is 1. The number of hydrogen-bond acceptors (Lipinski definition) is 7. The molecule has 2 fully saturated rings. The number of rotatable bonds is 4. The number of ether oxygens (including phenoxy) is 1. The summed E-state index contributed by atoms with van der Waals surface area (Å²) in [6, 6.07) is 2.01. The second-order valence-corrected chi connectivity index (χ2v) is 7.05. The number of aliphatic hydroxyl groups excluding tert-OH is 3. The van der Waals surface area contributed by atoms with Crippen LogP contribution in [0.2, 0.25) is 5.15 Å². The molecule has 1 aliphatic carbocycles. The standard InChI is InChI=1S/C16H21ClN4O4/c17-11-5-9-12(15(20-11)19-8-3-1-2-4-8)18-7-21(9)16-14(24)13(23)10(6-22)25-16/h5,7-8,10,13-14,16,22-24H,1-4,6H2,(H,19,20)/t10-,13-,14-,16-/m1/s1. The Morgan fingerprint density at radius 2 is 2.04 bits per heavy atom. The van der Waals surface area contributed by atoms with E-state index < -0.39 is 24.5 Å². The molecular weight excluding hydrogens is 348 g/mol. The number of hydrogen-bond donors (Lipinski definition) is 4. The third kappa shape index (κ3) is 2.98. The van der Waals surface area contributed by atoms with Gasteiger partial charge in [-0.2, -0.15) is 0 Å². The van der Waals surface area contributed by atoms with Gasteiger partial charge < -0.3 is 29.9 Å². The molecule has 8 nitrogen and oxygen atoms in total. The molecule has 2 aromatic rings. The van der Waals surface area contributed by atoms with Crippen LogP contribution >= 0.6 is 11.6 Å². The van der Waals surface area contributed by atoms with E-state index in [9.17, 15) is 15.3 Å². The van der Waals surface area contributed by atoms with E-state index >= 15 is 0 Å². The summed E-state index contributed by atoms with van der Waals surface area (Å²) in [7, 11) is 0. The van der Waals surface area contributed by atoms with E-state index in [1.54, 1.807) is 10.6 Å². The average molecular weight is 369 g/mol. The highest BCUT2D eigenvalue weighted by Gasteiger charge is 2.43. The van der Waals surface area contributed by atoms with Crippen molar-refractivity contribution in [3.63, 3.8) is 0 Å². The molecule has 136 valence electrons. The van der Waals surface area contributed by atoms with Crippen molar-refractivity contribution in [2.75, 3.05) is 11.9 Å². The fourth-order valence-electron chi connectivity index (χ4n) is 3.68. The van der Waals surface area contributed by atoms with Gasteiger partial charge in [0, 0.05) is 12.1 Å². The molecular formula is C16H21ClN4O4. The van der Waals surface area contributed by atoms with Crippen molar-refractivity contribution >= 4 is 28.5 Å². The Hall–Kier alpha value is -1.45. The van der Waals surface area contributed by atoms with Gasteiger partial charge in [0.15, 0.2) is 12.0 Å². The Bertz CT molecular complexity index is 764. The molecule has 2 aromatic heterocycles. The average Bonchev–Trinajstić information content (AvgIpc) is 3.29. The Kier molecular flexibility index (Phi) is 4.55. The maximum absolute atomic E-state index is 10.3. The van der Waals surface area contributed by atoms with Gasteiger partial charge in [-0.15, -0.1) is 0 Å². The van der Waals surface area contributed by atoms with Crippen LogP contribution in [0.5, 0.6) is 0 Å². The highest BCUT2D eigenvalue weighted by Crippen LogP contribution is 2.34. The van der Waals surface area contributed by atoms with E-state index in [4.69, 9.17) is 16.3 Å². The van der Waals surface area contributed by atoms with E-state index in [0.29, 0.717) is 28.0 Å². The first kappa shape index (κ1) is 17.0. The molecule has 3 heterocycles. The SMILES string of the molecule is OC[C@H]1O[C@@H](n2cnc3c(NC4CCCC4)nc(Cl)cc32)[C@H](O)[C@@H]1O. The largest absolute Gasteiger partial charge is 0.394 e. The van der Waals surface area contributed by atoms with Gasteiger partial charge in [-0.1, -0.05) is 24.4 Å². The van der Waals surface area contributed by atoms with Gasteiger partial charge in [0.25, 0.3) is 0 Å². The number of anilines is 1. The summed E-state index contributed by atoms with van der Waals surface area (Å²) in [6.45, 7) is -0.377. The van der Waals surface area contributed by atoms with Gasteiger partial charge in [-0.3, -0.25) is 0 Å². The van der Waals surface area contributed by atoms with Crippen LogP contribution in [-0.4, -0.2) is 60.8 Å². The second kappa shape index (κ2) is 6.69. The number of halogens is 1. The molecule has 1 saturated heterocycles. The first-order chi connectivity index (χ1) is 12.1. The van der Waals surface area contributed by atoms with E-state index in [1.165, 1.54) is 19.2 Å². The van der Waals surface area contributed by atoms with Gasteiger partial charge in [-0.05, 0) is 12.8 Å². The molecule has 9 heteroatoms. The van der Waals surface area contributed by atoms with Crippen molar-refractivity contribution in [3.05, 3.63) is 17.5 Å². The third-order valence-electron chi connectivity index (χ3n) is 5.02. The van der Waals surface area contributed by atoms with E-state index in [2.05, 4.69) is 15.3 Å². The van der Waals surface area contributed by atoms with Crippen molar-refractivity contribution in [1.29, 1.82) is 0 Å². The number of aromatic nitrogens is 3. The van der Waals surface area contributed by atoms with Crippen LogP contribution in [0.3, 0.4) is 0 Å². The predicted molar refractivity (Wildman–Crippen MR) is 91.4 cm³/mol. The number of nitrogens with zero attached hydrogens (tertiary/aromatic N) is 3. The van der Waals surface area contributed by atoms with Gasteiger partial charge >= 0.3 is 0 Å². The van der Waals surface area contributed by atoms with E-state index in [0.717, 1.165) is 12.8 Å². The monoisotopic (exact) mass is 368 g/mol. The Balaban J connectivity index is 1.70. The summed E-state index contributed by atoms with van der Waals surface area (Å²) in [5, 5.41) is 33.2. The summed E-state index contributed by atoms with van der Waals surface area (Å²) in [6.07, 6.45) is 2.06. The molecule has 0 aromatic carbocycles. The van der Waals surface area contributed by atoms with Crippen molar-refractivity contribution in [2.24, 2.45) is 0 Å². The molecule has 4 N–H and O–H groups in total. The number of aliphatic hydroxyl groups is 3. The van der Waals surface area contributed by atoms with Crippen LogP contribution in [0, 0.1) is 0 Å². The second-order valence-electron chi connectivity index (χ2n) is 6.67. The zero-order chi connectivity index (χ0) is 17.6. The van der Waals surface area contributed by atoms with Crippen molar-refractivity contribution in [3.8, 4) is 0 Å². The molecule has 0 amide bonds. The van der Waals surface area contributed by atoms with Gasteiger partial charge in [-0.25, -0.2) is 9.97 Å². The Morgan fingerprint density at radius 3 is 2.72 bits per heavy atom. The highest BCUT2D eigenvalue weighted by atomic mass is 35.5. The molecule has 0 radical (unpaired) electrons. The van der Waals surface area contributed by atoms with Crippen LogP contribution in [0.15, 0.2) is 12.4 Å². The molecule has 4 rings (SSSR count). The van der Waals surface area contributed by atoms with Gasteiger partial charge in [0.1, 0.15) is 29.0 Å². The predicted octanol–water partition coefficient (Wildman–Crippen LogP) is 1.05. The highest BCUT2D eigenvalue weighted by molar-refractivity contribution is 6.30. The number of nitrogens with one attached hydrogen (secondary N) is 1. The molecule has 0 bridgehead atoms. The normalized spacial score (nSPS) is 30.4. The molecule has 0 unspecified atom stereocenters. The van der Waals surface area contributed by atoms with Crippen LogP contribution in [0.1, 0.15) is 31.9 Å². The minimum Gasteiger partial charge on any atom is -0.394 e. The number of imidazole rings is 1. The maximum atomic E-state index is 10.3. The molecule has 2 aliphatic rings. The Labute approximate surface area is 149 Å². The maximum Gasteiger partial charge on any atom is 0.164 e. The lowest BCUT2D eigenvalue weighted by Crippen LogP contribution is -2.33.